The molecule has 0 aliphatic carbocycles. The molecule has 3 unspecified atom stereocenters. The minimum atomic E-state index is 0.802. The van der Waals surface area contributed by atoms with Gasteiger partial charge in [0.25, 0.3) is 0 Å². The van der Waals surface area contributed by atoms with Crippen LogP contribution in [0.15, 0.2) is 0 Å². The van der Waals surface area contributed by atoms with Crippen LogP contribution in [0, 0.1) is 17.8 Å². The third kappa shape index (κ3) is 4.78. The zero-order valence-electron chi connectivity index (χ0n) is 10.6. The lowest BCUT2D eigenvalue weighted by molar-refractivity contribution is 0.124. The molecule has 90 valence electrons. The summed E-state index contributed by atoms with van der Waals surface area (Å²) in [5.74, 6) is 3.62. The van der Waals surface area contributed by atoms with Crippen molar-refractivity contribution < 1.29 is 0 Å². The molecule has 1 rings (SSSR count). The van der Waals surface area contributed by atoms with Crippen LogP contribution in [0.3, 0.4) is 0 Å². The maximum atomic E-state index is 4.47. The molecule has 1 fully saturated rings. The molecule has 1 heterocycles. The van der Waals surface area contributed by atoms with Crippen LogP contribution in [0.25, 0.3) is 0 Å². The maximum absolute atomic E-state index is 4.47. The van der Waals surface area contributed by atoms with Gasteiger partial charge in [-0.2, -0.15) is 12.6 Å². The van der Waals surface area contributed by atoms with Crippen LogP contribution < -0.4 is 0 Å². The Morgan fingerprint density at radius 3 is 2.33 bits per heavy atom. The smallest absolute Gasteiger partial charge is 0.00177 e. The molecule has 15 heavy (non-hydrogen) atoms. The van der Waals surface area contributed by atoms with Crippen molar-refractivity contribution in [3.8, 4) is 0 Å². The van der Waals surface area contributed by atoms with Gasteiger partial charge in [-0.05, 0) is 36.3 Å². The van der Waals surface area contributed by atoms with Crippen LogP contribution in [0.4, 0.5) is 0 Å². The van der Waals surface area contributed by atoms with Crippen molar-refractivity contribution in [2.45, 2.75) is 40.0 Å². The minimum absolute atomic E-state index is 0.802. The predicted octanol–water partition coefficient (Wildman–Crippen LogP) is 3.31. The lowest BCUT2D eigenvalue weighted by Gasteiger charge is -2.36. The number of nitrogens with zero attached hydrogens (tertiary/aromatic N) is 1. The Bertz CT molecular complexity index is 162. The van der Waals surface area contributed by atoms with Gasteiger partial charge in [0.1, 0.15) is 0 Å². The Balaban J connectivity index is 2.35. The molecule has 1 aliphatic heterocycles. The van der Waals surface area contributed by atoms with Gasteiger partial charge in [-0.25, -0.2) is 0 Å². The van der Waals surface area contributed by atoms with E-state index in [4.69, 9.17) is 0 Å². The van der Waals surface area contributed by atoms with Gasteiger partial charge in [0.2, 0.25) is 0 Å². The van der Waals surface area contributed by atoms with Crippen molar-refractivity contribution in [3.05, 3.63) is 0 Å². The first-order valence-corrected chi connectivity index (χ1v) is 7.12. The fourth-order valence-electron chi connectivity index (χ4n) is 2.95. The highest BCUT2D eigenvalue weighted by molar-refractivity contribution is 7.80. The Hall–Kier alpha value is 0.310. The molecule has 0 aromatic carbocycles. The molecule has 0 radical (unpaired) electrons. The quantitative estimate of drug-likeness (QED) is 0.708. The van der Waals surface area contributed by atoms with Gasteiger partial charge in [0, 0.05) is 19.6 Å². The van der Waals surface area contributed by atoms with E-state index in [1.807, 2.05) is 0 Å². The van der Waals surface area contributed by atoms with Crippen LogP contribution in [-0.4, -0.2) is 30.3 Å². The summed E-state index contributed by atoms with van der Waals surface area (Å²) in [5, 5.41) is 0. The average Bonchev–Trinajstić information content (AvgIpc) is 2.15. The second-order valence-corrected chi connectivity index (χ2v) is 5.87. The fourth-order valence-corrected chi connectivity index (χ4v) is 3.25. The average molecular weight is 229 g/mol. The van der Waals surface area contributed by atoms with Crippen molar-refractivity contribution >= 4 is 12.6 Å². The maximum Gasteiger partial charge on any atom is 0.00177 e. The Labute approximate surface area is 101 Å². The summed E-state index contributed by atoms with van der Waals surface area (Å²) in [5.41, 5.74) is 0. The molecule has 3 atom stereocenters. The number of hydrogen-bond donors (Lipinski definition) is 1. The zero-order chi connectivity index (χ0) is 11.3. The van der Waals surface area contributed by atoms with Gasteiger partial charge >= 0.3 is 0 Å². The SMILES string of the molecule is CCCC(CS)CN1CC(C)CC(C)C1. The van der Waals surface area contributed by atoms with Crippen molar-refractivity contribution in [2.24, 2.45) is 17.8 Å². The van der Waals surface area contributed by atoms with E-state index in [1.165, 1.54) is 38.9 Å². The van der Waals surface area contributed by atoms with E-state index >= 15 is 0 Å². The van der Waals surface area contributed by atoms with Crippen molar-refractivity contribution in [2.75, 3.05) is 25.4 Å². The first kappa shape index (κ1) is 13.4. The first-order valence-electron chi connectivity index (χ1n) is 6.48. The topological polar surface area (TPSA) is 3.24 Å². The van der Waals surface area contributed by atoms with Crippen LogP contribution in [-0.2, 0) is 0 Å². The summed E-state index contributed by atoms with van der Waals surface area (Å²) in [6.45, 7) is 10.9. The minimum Gasteiger partial charge on any atom is -0.303 e. The van der Waals surface area contributed by atoms with Crippen LogP contribution in [0.5, 0.6) is 0 Å². The summed E-state index contributed by atoms with van der Waals surface area (Å²) in [7, 11) is 0. The molecule has 0 bridgehead atoms. The monoisotopic (exact) mass is 229 g/mol. The highest BCUT2D eigenvalue weighted by Gasteiger charge is 2.23. The molecular formula is C13H27NS. The third-order valence-corrected chi connectivity index (χ3v) is 3.93. The third-order valence-electron chi connectivity index (χ3n) is 3.42. The number of thiol groups is 1. The summed E-state index contributed by atoms with van der Waals surface area (Å²) < 4.78 is 0. The van der Waals surface area contributed by atoms with E-state index < -0.39 is 0 Å². The summed E-state index contributed by atoms with van der Waals surface area (Å²) in [4.78, 5) is 2.66. The van der Waals surface area contributed by atoms with E-state index in [1.54, 1.807) is 0 Å². The van der Waals surface area contributed by atoms with Gasteiger partial charge < -0.3 is 4.90 Å². The van der Waals surface area contributed by atoms with Crippen molar-refractivity contribution in [1.82, 2.24) is 4.90 Å². The molecule has 1 nitrogen and oxygen atoms in total. The summed E-state index contributed by atoms with van der Waals surface area (Å²) in [6, 6.07) is 0. The largest absolute Gasteiger partial charge is 0.303 e. The molecule has 0 amide bonds. The van der Waals surface area contributed by atoms with Gasteiger partial charge in [-0.3, -0.25) is 0 Å². The molecule has 1 aliphatic rings. The molecule has 0 spiro atoms. The Morgan fingerprint density at radius 2 is 1.87 bits per heavy atom. The molecule has 0 aromatic heterocycles. The number of likely N-dealkylation sites (tertiary alicyclic amines) is 1. The normalized spacial score (nSPS) is 30.4. The van der Waals surface area contributed by atoms with Crippen LogP contribution >= 0.6 is 12.6 Å². The molecular weight excluding hydrogens is 202 g/mol. The van der Waals surface area contributed by atoms with E-state index in [0.717, 1.165) is 23.5 Å². The molecule has 0 N–H and O–H groups in total. The van der Waals surface area contributed by atoms with E-state index in [9.17, 15) is 0 Å². The molecule has 1 saturated heterocycles. The van der Waals surface area contributed by atoms with Crippen molar-refractivity contribution in [1.29, 1.82) is 0 Å². The standard InChI is InChI=1S/C13H27NS/c1-4-5-13(10-15)9-14-7-11(2)6-12(3)8-14/h11-13,15H,4-10H2,1-3H3. The Kier molecular flexibility index (Phi) is 6.06. The summed E-state index contributed by atoms with van der Waals surface area (Å²) in [6.07, 6.45) is 4.04. The van der Waals surface area contributed by atoms with Crippen LogP contribution in [0.2, 0.25) is 0 Å². The van der Waals surface area contributed by atoms with E-state index in [2.05, 4.69) is 38.3 Å². The molecule has 0 saturated carbocycles. The lowest BCUT2D eigenvalue weighted by Crippen LogP contribution is -2.41. The second-order valence-electron chi connectivity index (χ2n) is 5.50. The Morgan fingerprint density at radius 1 is 1.27 bits per heavy atom. The highest BCUT2D eigenvalue weighted by Crippen LogP contribution is 2.22. The predicted molar refractivity (Wildman–Crippen MR) is 71.6 cm³/mol. The van der Waals surface area contributed by atoms with Gasteiger partial charge in [0.15, 0.2) is 0 Å². The van der Waals surface area contributed by atoms with Crippen LogP contribution in [0.1, 0.15) is 40.0 Å². The first-order chi connectivity index (χ1) is 7.15. The number of piperidine rings is 1. The zero-order valence-corrected chi connectivity index (χ0v) is 11.5. The number of hydrogen-bond acceptors (Lipinski definition) is 2. The lowest BCUT2D eigenvalue weighted by atomic mass is 9.91. The van der Waals surface area contributed by atoms with E-state index in [-0.39, 0.29) is 0 Å². The second kappa shape index (κ2) is 6.80. The fraction of sp³-hybridized carbons (Fsp3) is 1.00. The number of rotatable bonds is 5. The summed E-state index contributed by atoms with van der Waals surface area (Å²) >= 11 is 4.47. The van der Waals surface area contributed by atoms with E-state index in [0.29, 0.717) is 0 Å². The molecule has 0 aromatic rings. The molecule has 2 heteroatoms. The van der Waals surface area contributed by atoms with Gasteiger partial charge in [0.05, 0.1) is 0 Å². The van der Waals surface area contributed by atoms with Gasteiger partial charge in [-0.1, -0.05) is 27.2 Å². The van der Waals surface area contributed by atoms with Crippen molar-refractivity contribution in [3.63, 3.8) is 0 Å². The van der Waals surface area contributed by atoms with Gasteiger partial charge in [-0.15, -0.1) is 0 Å². The highest BCUT2D eigenvalue weighted by atomic mass is 32.1.